The van der Waals surface area contributed by atoms with Crippen LogP contribution in [0.3, 0.4) is 0 Å². The normalized spacial score (nSPS) is 13.4. The fourth-order valence-corrected chi connectivity index (χ4v) is 6.08. The fourth-order valence-electron chi connectivity index (χ4n) is 3.65. The molecular weight excluding hydrogens is 458 g/mol. The number of anilines is 1. The molecule has 1 amide bonds. The van der Waals surface area contributed by atoms with Gasteiger partial charge in [0, 0.05) is 4.90 Å². The summed E-state index contributed by atoms with van der Waals surface area (Å²) in [4.78, 5) is 32.9. The van der Waals surface area contributed by atoms with Crippen molar-refractivity contribution < 1.29 is 4.79 Å². The summed E-state index contributed by atoms with van der Waals surface area (Å²) in [5, 5.41) is 6.31. The van der Waals surface area contributed by atoms with E-state index in [9.17, 15) is 9.59 Å². The number of thioether (sulfide) groups is 2. The van der Waals surface area contributed by atoms with Crippen LogP contribution in [0, 0.1) is 0 Å². The van der Waals surface area contributed by atoms with Gasteiger partial charge >= 0.3 is 0 Å². The molecule has 0 aliphatic heterocycles. The zero-order chi connectivity index (χ0) is 22.1. The van der Waals surface area contributed by atoms with E-state index >= 15 is 0 Å². The first-order chi connectivity index (χ1) is 15.7. The van der Waals surface area contributed by atoms with Crippen molar-refractivity contribution in [2.75, 3.05) is 17.3 Å². The zero-order valence-electron chi connectivity index (χ0n) is 17.4. The third-order valence-corrected chi connectivity index (χ3v) is 7.98. The van der Waals surface area contributed by atoms with Crippen LogP contribution in [-0.2, 0) is 4.79 Å². The summed E-state index contributed by atoms with van der Waals surface area (Å²) in [6, 6.07) is 17.2. The van der Waals surface area contributed by atoms with Gasteiger partial charge in [-0.25, -0.2) is 4.98 Å². The van der Waals surface area contributed by atoms with Crippen molar-refractivity contribution in [2.45, 2.75) is 28.8 Å². The number of hydrogen-bond donors (Lipinski definition) is 1. The van der Waals surface area contributed by atoms with Gasteiger partial charge in [-0.2, -0.15) is 0 Å². The van der Waals surface area contributed by atoms with Crippen LogP contribution in [0.25, 0.3) is 15.9 Å². The van der Waals surface area contributed by atoms with Crippen molar-refractivity contribution in [3.63, 3.8) is 0 Å². The van der Waals surface area contributed by atoms with Crippen LogP contribution in [0.5, 0.6) is 0 Å². The number of carbonyl (C=O) groups excluding carboxylic acids is 1. The predicted octanol–water partition coefficient (Wildman–Crippen LogP) is 5.78. The molecule has 4 aromatic rings. The Morgan fingerprint density at radius 3 is 2.66 bits per heavy atom. The van der Waals surface area contributed by atoms with Crippen LogP contribution in [0.1, 0.15) is 24.3 Å². The van der Waals surface area contributed by atoms with Gasteiger partial charge in [-0.1, -0.05) is 42.1 Å². The summed E-state index contributed by atoms with van der Waals surface area (Å²) in [7, 11) is 0. The highest BCUT2D eigenvalue weighted by molar-refractivity contribution is 7.99. The van der Waals surface area contributed by atoms with Gasteiger partial charge in [-0.15, -0.1) is 23.1 Å². The summed E-state index contributed by atoms with van der Waals surface area (Å²) in [5.74, 6) is 0.507. The van der Waals surface area contributed by atoms with Gasteiger partial charge in [-0.05, 0) is 60.2 Å². The van der Waals surface area contributed by atoms with Crippen LogP contribution in [-0.4, -0.2) is 27.5 Å². The van der Waals surface area contributed by atoms with Gasteiger partial charge < -0.3 is 5.32 Å². The van der Waals surface area contributed by atoms with Crippen LogP contribution in [0.15, 0.2) is 74.8 Å². The van der Waals surface area contributed by atoms with Gasteiger partial charge in [-0.3, -0.25) is 14.2 Å². The molecular formula is C24H21N3O2S3. The Morgan fingerprint density at radius 2 is 1.91 bits per heavy atom. The Morgan fingerprint density at radius 1 is 1.16 bits per heavy atom. The smallest absolute Gasteiger partial charge is 0.267 e. The van der Waals surface area contributed by atoms with E-state index in [1.165, 1.54) is 23.1 Å². The van der Waals surface area contributed by atoms with Gasteiger partial charge in [0.25, 0.3) is 5.56 Å². The van der Waals surface area contributed by atoms with E-state index in [0.29, 0.717) is 11.1 Å². The predicted molar refractivity (Wildman–Crippen MR) is 135 cm³/mol. The first-order valence-electron chi connectivity index (χ1n) is 10.3. The summed E-state index contributed by atoms with van der Waals surface area (Å²) < 4.78 is 1.65. The quantitative estimate of drug-likeness (QED) is 0.269. The van der Waals surface area contributed by atoms with Crippen LogP contribution >= 0.6 is 34.9 Å². The average Bonchev–Trinajstić information content (AvgIpc) is 3.57. The minimum atomic E-state index is -0.129. The molecule has 2 aromatic carbocycles. The highest BCUT2D eigenvalue weighted by Gasteiger charge is 2.29. The number of benzene rings is 2. The van der Waals surface area contributed by atoms with Crippen LogP contribution < -0.4 is 10.9 Å². The maximum atomic E-state index is 13.6. The molecule has 162 valence electrons. The molecule has 0 atom stereocenters. The summed E-state index contributed by atoms with van der Waals surface area (Å²) in [6.07, 6.45) is 4.24. The van der Waals surface area contributed by atoms with Crippen molar-refractivity contribution in [1.82, 2.24) is 9.55 Å². The number of carbonyl (C=O) groups is 1. The molecule has 1 aliphatic rings. The van der Waals surface area contributed by atoms with E-state index in [1.54, 1.807) is 16.3 Å². The highest BCUT2D eigenvalue weighted by atomic mass is 32.2. The molecule has 8 heteroatoms. The number of amides is 1. The number of thiophene rings is 1. The molecule has 0 saturated heterocycles. The van der Waals surface area contributed by atoms with Crippen molar-refractivity contribution in [3.05, 3.63) is 75.9 Å². The fraction of sp³-hybridized carbons (Fsp3) is 0.208. The molecule has 2 aromatic heterocycles. The molecule has 1 aliphatic carbocycles. The van der Waals surface area contributed by atoms with Crippen molar-refractivity contribution in [1.29, 1.82) is 0 Å². The lowest BCUT2D eigenvalue weighted by Gasteiger charge is -2.13. The third-order valence-electron chi connectivity index (χ3n) is 5.35. The van der Waals surface area contributed by atoms with Gasteiger partial charge in [0.2, 0.25) is 5.91 Å². The first kappa shape index (κ1) is 21.3. The van der Waals surface area contributed by atoms with Gasteiger partial charge in [0.05, 0.1) is 22.5 Å². The van der Waals surface area contributed by atoms with Gasteiger partial charge in [0.15, 0.2) is 5.16 Å². The number of hydrogen-bond acceptors (Lipinski definition) is 6. The SMILES string of the molecule is CSc1ccccc1NC(=O)CSc1nc2scc(C3CC3)c2c(=O)n1-c1ccccc1. The molecule has 0 spiro atoms. The summed E-state index contributed by atoms with van der Waals surface area (Å²) in [5.41, 5.74) is 2.62. The number of fused-ring (bicyclic) bond motifs is 1. The molecule has 2 heterocycles. The van der Waals surface area contributed by atoms with Crippen LogP contribution in [0.2, 0.25) is 0 Å². The maximum absolute atomic E-state index is 13.6. The molecule has 5 rings (SSSR count). The number of aromatic nitrogens is 2. The molecule has 32 heavy (non-hydrogen) atoms. The summed E-state index contributed by atoms with van der Waals surface area (Å²) >= 11 is 4.39. The van der Waals surface area contributed by atoms with Crippen molar-refractivity contribution in [3.8, 4) is 5.69 Å². The number of nitrogens with one attached hydrogen (secondary N) is 1. The molecule has 0 radical (unpaired) electrons. The Bertz CT molecular complexity index is 1340. The lowest BCUT2D eigenvalue weighted by atomic mass is 10.1. The average molecular weight is 480 g/mol. The molecule has 1 fully saturated rings. The number of nitrogens with zero attached hydrogens (tertiary/aromatic N) is 2. The largest absolute Gasteiger partial charge is 0.324 e. The monoisotopic (exact) mass is 479 g/mol. The number of para-hydroxylation sites is 2. The Hall–Kier alpha value is -2.55. The molecule has 1 N–H and O–H groups in total. The van der Waals surface area contributed by atoms with E-state index in [4.69, 9.17) is 4.98 Å². The number of rotatable bonds is 7. The van der Waals surface area contributed by atoms with Crippen LogP contribution in [0.4, 0.5) is 5.69 Å². The van der Waals surface area contributed by atoms with E-state index < -0.39 is 0 Å². The molecule has 1 saturated carbocycles. The van der Waals surface area contributed by atoms with Gasteiger partial charge in [0.1, 0.15) is 4.83 Å². The lowest BCUT2D eigenvalue weighted by molar-refractivity contribution is -0.113. The van der Waals surface area contributed by atoms with Crippen molar-refractivity contribution >= 4 is 56.7 Å². The van der Waals surface area contributed by atoms with E-state index in [0.717, 1.165) is 44.9 Å². The van der Waals surface area contributed by atoms with E-state index in [1.807, 2.05) is 60.9 Å². The first-order valence-corrected chi connectivity index (χ1v) is 13.4. The maximum Gasteiger partial charge on any atom is 0.267 e. The topological polar surface area (TPSA) is 64.0 Å². The molecule has 0 unspecified atom stereocenters. The lowest BCUT2D eigenvalue weighted by Crippen LogP contribution is -2.23. The van der Waals surface area contributed by atoms with E-state index in [2.05, 4.69) is 10.7 Å². The standard InChI is InChI=1S/C24H21N3O2S3/c1-30-19-10-6-5-9-18(19)25-20(28)14-32-24-26-22-21(17(13-31-22)15-11-12-15)23(29)27(24)16-7-3-2-4-8-16/h2-10,13,15H,11-12,14H2,1H3,(H,25,28). The second-order valence-corrected chi connectivity index (χ2v) is 10.2. The highest BCUT2D eigenvalue weighted by Crippen LogP contribution is 2.44. The zero-order valence-corrected chi connectivity index (χ0v) is 19.9. The second-order valence-electron chi connectivity index (χ2n) is 7.55. The second kappa shape index (κ2) is 9.13. The summed E-state index contributed by atoms with van der Waals surface area (Å²) in [6.45, 7) is 0. The minimum absolute atomic E-state index is 0.0556. The van der Waals surface area contributed by atoms with E-state index in [-0.39, 0.29) is 17.2 Å². The third kappa shape index (κ3) is 4.22. The Labute approximate surface area is 198 Å². The minimum Gasteiger partial charge on any atom is -0.324 e. The Balaban J connectivity index is 1.48. The molecule has 0 bridgehead atoms. The Kier molecular flexibility index (Phi) is 6.08. The van der Waals surface area contributed by atoms with Crippen molar-refractivity contribution in [2.24, 2.45) is 0 Å². The molecule has 5 nitrogen and oxygen atoms in total.